The number of amides is 2. The zero-order valence-electron chi connectivity index (χ0n) is 15.7. The monoisotopic (exact) mass is 412 g/mol. The quantitative estimate of drug-likeness (QED) is 0.572. The van der Waals surface area contributed by atoms with Crippen LogP contribution < -0.4 is 10.0 Å². The van der Waals surface area contributed by atoms with Crippen molar-refractivity contribution in [1.82, 2.24) is 9.62 Å². The number of terminal acetylenes is 1. The second-order valence-corrected chi connectivity index (χ2v) is 9.32. The summed E-state index contributed by atoms with van der Waals surface area (Å²) in [5, 5.41) is 2.27. The third kappa shape index (κ3) is 4.30. The van der Waals surface area contributed by atoms with Crippen LogP contribution in [0, 0.1) is 12.3 Å². The smallest absolute Gasteiger partial charge is 0.307 e. The van der Waals surface area contributed by atoms with Gasteiger partial charge in [0.25, 0.3) is 0 Å². The number of aryl methyl sites for hydroxylation is 2. The first-order valence-electron chi connectivity index (χ1n) is 9.13. The Labute approximate surface area is 203 Å². The first-order chi connectivity index (χ1) is 12.5. The summed E-state index contributed by atoms with van der Waals surface area (Å²) in [5.41, 5.74) is 5.81. The number of fused-ring (bicyclic) bond motifs is 2. The molecule has 139 valence electrons. The summed E-state index contributed by atoms with van der Waals surface area (Å²) >= 11 is 0. The van der Waals surface area contributed by atoms with Crippen molar-refractivity contribution in [2.24, 2.45) is 0 Å². The number of likely N-dealkylation sites (tertiary alicyclic amines) is 1. The number of rotatable bonds is 4. The molecule has 1 heterocycles. The maximum Gasteiger partial charge on any atom is 0.332 e. The van der Waals surface area contributed by atoms with E-state index in [1.54, 1.807) is 0 Å². The SMILES string of the molecule is C#CCN1CC(S(=O)(=O)NC(=O)Nc2c3c(cc4c2CCC4)CCC3)C1.[K]. The van der Waals surface area contributed by atoms with Crippen LogP contribution in [0.5, 0.6) is 0 Å². The normalized spacial score (nSPS) is 18.6. The van der Waals surface area contributed by atoms with E-state index in [1.165, 1.54) is 22.3 Å². The van der Waals surface area contributed by atoms with Crippen LogP contribution in [0.25, 0.3) is 0 Å². The summed E-state index contributed by atoms with van der Waals surface area (Å²) in [6, 6.07) is 1.62. The minimum Gasteiger partial charge on any atom is -0.307 e. The number of anilines is 1. The van der Waals surface area contributed by atoms with Crippen molar-refractivity contribution in [2.45, 2.75) is 43.8 Å². The number of carbonyl (C=O) groups is 1. The molecule has 1 saturated heterocycles. The van der Waals surface area contributed by atoms with Crippen molar-refractivity contribution < 1.29 is 13.2 Å². The molecule has 2 N–H and O–H groups in total. The van der Waals surface area contributed by atoms with Gasteiger partial charge in [-0.05, 0) is 60.8 Å². The van der Waals surface area contributed by atoms with E-state index in [2.05, 4.69) is 22.0 Å². The van der Waals surface area contributed by atoms with E-state index in [1.807, 2.05) is 4.90 Å². The second kappa shape index (κ2) is 8.53. The summed E-state index contributed by atoms with van der Waals surface area (Å²) in [6.45, 7) is 1.16. The summed E-state index contributed by atoms with van der Waals surface area (Å²) in [4.78, 5) is 14.3. The predicted molar refractivity (Wildman–Crippen MR) is 106 cm³/mol. The molecule has 0 atom stereocenters. The van der Waals surface area contributed by atoms with Crippen LogP contribution in [0.3, 0.4) is 0 Å². The Morgan fingerprint density at radius 1 is 1.15 bits per heavy atom. The van der Waals surface area contributed by atoms with Crippen LogP contribution in [-0.4, -0.2) is 95.6 Å². The Bertz CT molecular complexity index is 870. The number of urea groups is 1. The molecule has 0 spiro atoms. The number of sulfonamides is 1. The molecule has 1 radical (unpaired) electrons. The van der Waals surface area contributed by atoms with Gasteiger partial charge in [-0.3, -0.25) is 4.90 Å². The van der Waals surface area contributed by atoms with Crippen LogP contribution in [-0.2, 0) is 35.7 Å². The van der Waals surface area contributed by atoms with E-state index < -0.39 is 21.3 Å². The predicted octanol–water partition coefficient (Wildman–Crippen LogP) is 1.05. The molecule has 6 nitrogen and oxygen atoms in total. The molecule has 1 fully saturated rings. The van der Waals surface area contributed by atoms with Crippen LogP contribution in [0.2, 0.25) is 0 Å². The fourth-order valence-electron chi connectivity index (χ4n) is 4.30. The van der Waals surface area contributed by atoms with Crippen molar-refractivity contribution in [2.75, 3.05) is 25.0 Å². The average molecular weight is 413 g/mol. The van der Waals surface area contributed by atoms with Gasteiger partial charge in [-0.25, -0.2) is 17.9 Å². The summed E-state index contributed by atoms with van der Waals surface area (Å²) < 4.78 is 27.0. The van der Waals surface area contributed by atoms with Gasteiger partial charge in [0.1, 0.15) is 5.25 Å². The van der Waals surface area contributed by atoms with Gasteiger partial charge < -0.3 is 5.32 Å². The van der Waals surface area contributed by atoms with E-state index in [4.69, 9.17) is 6.42 Å². The average Bonchev–Trinajstić information content (AvgIpc) is 3.18. The van der Waals surface area contributed by atoms with Crippen molar-refractivity contribution in [1.29, 1.82) is 0 Å². The molecular weight excluding hydrogens is 389 g/mol. The van der Waals surface area contributed by atoms with Gasteiger partial charge in [0, 0.05) is 70.2 Å². The van der Waals surface area contributed by atoms with Gasteiger partial charge in [-0.2, -0.15) is 0 Å². The van der Waals surface area contributed by atoms with Gasteiger partial charge in [0.15, 0.2) is 0 Å². The van der Waals surface area contributed by atoms with E-state index in [0.29, 0.717) is 19.6 Å². The van der Waals surface area contributed by atoms with Crippen molar-refractivity contribution in [3.8, 4) is 12.3 Å². The van der Waals surface area contributed by atoms with Crippen LogP contribution in [0.1, 0.15) is 35.1 Å². The maximum atomic E-state index is 12.4. The Balaban J connectivity index is 0.00000210. The molecule has 0 bridgehead atoms. The van der Waals surface area contributed by atoms with E-state index in [-0.39, 0.29) is 51.4 Å². The molecule has 2 amide bonds. The third-order valence-electron chi connectivity index (χ3n) is 5.62. The van der Waals surface area contributed by atoms with Gasteiger partial charge >= 0.3 is 6.03 Å². The fraction of sp³-hybridized carbons (Fsp3) is 0.526. The Morgan fingerprint density at radius 2 is 1.74 bits per heavy atom. The summed E-state index contributed by atoms with van der Waals surface area (Å²) in [5.74, 6) is 2.49. The largest absolute Gasteiger partial charge is 0.332 e. The molecule has 8 heteroatoms. The number of benzene rings is 1. The molecule has 0 aromatic heterocycles. The first-order valence-corrected chi connectivity index (χ1v) is 10.7. The van der Waals surface area contributed by atoms with E-state index >= 15 is 0 Å². The van der Waals surface area contributed by atoms with Crippen molar-refractivity contribution in [3.63, 3.8) is 0 Å². The third-order valence-corrected chi connectivity index (χ3v) is 7.27. The molecule has 1 aromatic rings. The van der Waals surface area contributed by atoms with Gasteiger partial charge in [-0.1, -0.05) is 12.0 Å². The number of nitrogens with zero attached hydrogens (tertiary/aromatic N) is 1. The molecule has 1 aliphatic heterocycles. The minimum absolute atomic E-state index is 0. The molecular formula is C19H23KN3O3S. The fourth-order valence-corrected chi connectivity index (χ4v) is 5.59. The van der Waals surface area contributed by atoms with Crippen LogP contribution in [0.4, 0.5) is 10.5 Å². The van der Waals surface area contributed by atoms with E-state index in [9.17, 15) is 13.2 Å². The zero-order chi connectivity index (χ0) is 18.3. The van der Waals surface area contributed by atoms with Crippen LogP contribution >= 0.6 is 0 Å². The molecule has 2 aliphatic carbocycles. The topological polar surface area (TPSA) is 78.5 Å². The number of hydrogen-bond acceptors (Lipinski definition) is 4. The number of nitrogens with one attached hydrogen (secondary N) is 2. The zero-order valence-corrected chi connectivity index (χ0v) is 19.6. The Morgan fingerprint density at radius 3 is 2.30 bits per heavy atom. The van der Waals surface area contributed by atoms with Gasteiger partial charge in [0.05, 0.1) is 6.54 Å². The molecule has 3 aliphatic rings. The first kappa shape index (κ1) is 21.3. The second-order valence-electron chi connectivity index (χ2n) is 7.36. The molecule has 27 heavy (non-hydrogen) atoms. The maximum absolute atomic E-state index is 12.4. The number of hydrogen-bond donors (Lipinski definition) is 2. The van der Waals surface area contributed by atoms with Gasteiger partial charge in [0.2, 0.25) is 10.0 Å². The number of carbonyl (C=O) groups excluding carboxylic acids is 1. The molecule has 0 saturated carbocycles. The van der Waals surface area contributed by atoms with Gasteiger partial charge in [-0.15, -0.1) is 6.42 Å². The molecule has 1 aromatic carbocycles. The minimum atomic E-state index is -3.69. The van der Waals surface area contributed by atoms with Crippen LogP contribution in [0.15, 0.2) is 6.07 Å². The Hall–Kier alpha value is -0.404. The summed E-state index contributed by atoms with van der Waals surface area (Å²) in [7, 11) is -3.69. The van der Waals surface area contributed by atoms with E-state index in [0.717, 1.165) is 44.2 Å². The van der Waals surface area contributed by atoms with Crippen molar-refractivity contribution in [3.05, 3.63) is 28.3 Å². The summed E-state index contributed by atoms with van der Waals surface area (Å²) in [6.07, 6.45) is 11.3. The van der Waals surface area contributed by atoms with Crippen molar-refractivity contribution >= 4 is 73.1 Å². The Kier molecular flexibility index (Phi) is 6.74. The molecule has 4 rings (SSSR count). The molecule has 0 unspecified atom stereocenters. The standard InChI is InChI=1S/C19H23N3O3S.K/c1-2-9-22-11-15(12-22)26(24,25)21-19(23)20-18-16-7-3-5-13(16)10-14-6-4-8-17(14)18;/h1,10,15H,3-9,11-12H2,(H2,20,21,23);.